The molecule has 2 N–H and O–H groups in total. The minimum absolute atomic E-state index is 0.0692. The number of carboxylic acids is 1. The number of imidazole rings is 1. The zero-order valence-corrected chi connectivity index (χ0v) is 14.6. The van der Waals surface area contributed by atoms with E-state index in [1.54, 1.807) is 0 Å². The Morgan fingerprint density at radius 2 is 1.85 bits per heavy atom. The molecule has 9 nitrogen and oxygen atoms in total. The highest BCUT2D eigenvalue weighted by molar-refractivity contribution is 5.77. The van der Waals surface area contributed by atoms with Gasteiger partial charge < -0.3 is 10.4 Å². The van der Waals surface area contributed by atoms with E-state index in [0.29, 0.717) is 0 Å². The fraction of sp³-hybridized carbons (Fsp3) is 0.294. The zero-order chi connectivity index (χ0) is 19.0. The van der Waals surface area contributed by atoms with Gasteiger partial charge in [-0.15, -0.1) is 0 Å². The van der Waals surface area contributed by atoms with Gasteiger partial charge in [0.05, 0.1) is 6.04 Å². The van der Waals surface area contributed by atoms with Gasteiger partial charge in [-0.2, -0.15) is 4.98 Å². The Labute approximate surface area is 148 Å². The number of aliphatic carboxylic acids is 1. The first-order chi connectivity index (χ1) is 12.3. The van der Waals surface area contributed by atoms with E-state index < -0.39 is 23.8 Å². The number of nitrogens with zero attached hydrogens (tertiary/aromatic N) is 4. The molecule has 26 heavy (non-hydrogen) atoms. The molecule has 136 valence electrons. The number of aryl methyl sites for hydroxylation is 1. The summed E-state index contributed by atoms with van der Waals surface area (Å²) in [7, 11) is 2.84. The number of hydrogen-bond acceptors (Lipinski definition) is 5. The number of carbonyl (C=O) groups is 1. The van der Waals surface area contributed by atoms with E-state index in [2.05, 4.69) is 10.3 Å². The second kappa shape index (κ2) is 6.51. The molecule has 0 aliphatic rings. The first kappa shape index (κ1) is 17.5. The minimum atomic E-state index is -1.12. The summed E-state index contributed by atoms with van der Waals surface area (Å²) >= 11 is 0. The predicted octanol–water partition coefficient (Wildman–Crippen LogP) is 0.691. The van der Waals surface area contributed by atoms with Gasteiger partial charge >= 0.3 is 11.7 Å². The quantitative estimate of drug-likeness (QED) is 0.695. The predicted molar refractivity (Wildman–Crippen MR) is 96.3 cm³/mol. The molecule has 0 fully saturated rings. The summed E-state index contributed by atoms with van der Waals surface area (Å²) in [6.45, 7) is 1.45. The van der Waals surface area contributed by atoms with Crippen molar-refractivity contribution in [2.24, 2.45) is 14.1 Å². The van der Waals surface area contributed by atoms with E-state index in [9.17, 15) is 19.5 Å². The first-order valence-corrected chi connectivity index (χ1v) is 8.00. The van der Waals surface area contributed by atoms with E-state index in [1.807, 2.05) is 37.3 Å². The van der Waals surface area contributed by atoms with E-state index in [1.165, 1.54) is 23.2 Å². The van der Waals surface area contributed by atoms with Crippen molar-refractivity contribution in [2.75, 3.05) is 5.32 Å². The molecular formula is C17H19N5O4. The number of hydrogen-bond donors (Lipinski definition) is 2. The summed E-state index contributed by atoms with van der Waals surface area (Å²) in [5, 5.41) is 12.4. The van der Waals surface area contributed by atoms with E-state index in [0.717, 1.165) is 10.1 Å². The van der Waals surface area contributed by atoms with Gasteiger partial charge in [-0.1, -0.05) is 30.3 Å². The average molecular weight is 357 g/mol. The lowest BCUT2D eigenvalue weighted by Gasteiger charge is -2.15. The highest BCUT2D eigenvalue weighted by Crippen LogP contribution is 2.21. The lowest BCUT2D eigenvalue weighted by molar-refractivity contribution is -0.137. The van der Waals surface area contributed by atoms with Crippen LogP contribution in [0.4, 0.5) is 5.95 Å². The highest BCUT2D eigenvalue weighted by atomic mass is 16.4. The van der Waals surface area contributed by atoms with Crippen molar-refractivity contribution in [2.45, 2.75) is 19.5 Å². The molecule has 0 bridgehead atoms. The van der Waals surface area contributed by atoms with Crippen molar-refractivity contribution >= 4 is 23.1 Å². The number of aromatic nitrogens is 4. The van der Waals surface area contributed by atoms with Crippen LogP contribution in [0.5, 0.6) is 0 Å². The van der Waals surface area contributed by atoms with E-state index in [-0.39, 0.29) is 23.2 Å². The SMILES string of the molecule is CC(Nc1nc2c(c(=O)n(C)c(=O)n2C)n1CC(=O)O)c1ccccc1. The Morgan fingerprint density at radius 3 is 2.46 bits per heavy atom. The van der Waals surface area contributed by atoms with Crippen LogP contribution >= 0.6 is 0 Å². The summed E-state index contributed by atoms with van der Waals surface area (Å²) in [6.07, 6.45) is 0. The summed E-state index contributed by atoms with van der Waals surface area (Å²) in [4.78, 5) is 40.3. The Morgan fingerprint density at radius 1 is 1.19 bits per heavy atom. The third-order valence-corrected chi connectivity index (χ3v) is 4.29. The maximum absolute atomic E-state index is 12.5. The number of fused-ring (bicyclic) bond motifs is 1. The molecule has 2 heterocycles. The monoisotopic (exact) mass is 357 g/mol. The Kier molecular flexibility index (Phi) is 4.37. The average Bonchev–Trinajstić information content (AvgIpc) is 2.96. The third-order valence-electron chi connectivity index (χ3n) is 4.29. The van der Waals surface area contributed by atoms with Crippen LogP contribution in [0.1, 0.15) is 18.5 Å². The molecule has 0 saturated heterocycles. The van der Waals surface area contributed by atoms with Crippen LogP contribution in [0.25, 0.3) is 11.2 Å². The van der Waals surface area contributed by atoms with Crippen LogP contribution in [0, 0.1) is 0 Å². The molecule has 0 saturated carbocycles. The van der Waals surface area contributed by atoms with Crippen LogP contribution in [0.15, 0.2) is 39.9 Å². The number of anilines is 1. The normalized spacial score (nSPS) is 12.3. The highest BCUT2D eigenvalue weighted by Gasteiger charge is 2.21. The molecular weight excluding hydrogens is 338 g/mol. The van der Waals surface area contributed by atoms with Gasteiger partial charge in [0.2, 0.25) is 5.95 Å². The van der Waals surface area contributed by atoms with Crippen molar-refractivity contribution in [1.82, 2.24) is 18.7 Å². The lowest BCUT2D eigenvalue weighted by atomic mass is 10.1. The molecule has 3 rings (SSSR count). The molecule has 2 aromatic heterocycles. The molecule has 9 heteroatoms. The van der Waals surface area contributed by atoms with Crippen LogP contribution in [-0.2, 0) is 25.4 Å². The molecule has 1 atom stereocenters. The van der Waals surface area contributed by atoms with Crippen molar-refractivity contribution in [3.05, 3.63) is 56.7 Å². The Hall–Kier alpha value is -3.36. The van der Waals surface area contributed by atoms with Crippen molar-refractivity contribution in [3.63, 3.8) is 0 Å². The van der Waals surface area contributed by atoms with Crippen LogP contribution in [0.2, 0.25) is 0 Å². The second-order valence-corrected chi connectivity index (χ2v) is 6.07. The fourth-order valence-corrected chi connectivity index (χ4v) is 2.86. The molecule has 0 aliphatic carbocycles. The molecule has 0 aliphatic heterocycles. The van der Waals surface area contributed by atoms with Crippen LogP contribution in [-0.4, -0.2) is 29.8 Å². The van der Waals surface area contributed by atoms with Gasteiger partial charge in [0.25, 0.3) is 5.56 Å². The number of benzene rings is 1. The largest absolute Gasteiger partial charge is 0.480 e. The van der Waals surface area contributed by atoms with Gasteiger partial charge in [0, 0.05) is 14.1 Å². The Balaban J connectivity index is 2.20. The van der Waals surface area contributed by atoms with E-state index >= 15 is 0 Å². The molecule has 0 spiro atoms. The summed E-state index contributed by atoms with van der Waals surface area (Å²) < 4.78 is 3.46. The Bertz CT molecular complexity index is 1090. The van der Waals surface area contributed by atoms with Crippen LogP contribution < -0.4 is 16.6 Å². The van der Waals surface area contributed by atoms with Gasteiger partial charge in [-0.3, -0.25) is 23.3 Å². The fourth-order valence-electron chi connectivity index (χ4n) is 2.86. The van der Waals surface area contributed by atoms with Crippen molar-refractivity contribution in [1.29, 1.82) is 0 Å². The van der Waals surface area contributed by atoms with Crippen molar-refractivity contribution in [3.8, 4) is 0 Å². The third kappa shape index (κ3) is 2.87. The molecule has 1 aromatic carbocycles. The smallest absolute Gasteiger partial charge is 0.332 e. The van der Waals surface area contributed by atoms with Crippen LogP contribution in [0.3, 0.4) is 0 Å². The maximum atomic E-state index is 12.5. The zero-order valence-electron chi connectivity index (χ0n) is 14.6. The van der Waals surface area contributed by atoms with Gasteiger partial charge in [-0.05, 0) is 12.5 Å². The number of carboxylic acid groups (broad SMARTS) is 1. The number of rotatable bonds is 5. The van der Waals surface area contributed by atoms with Gasteiger partial charge in [-0.25, -0.2) is 4.79 Å². The minimum Gasteiger partial charge on any atom is -0.480 e. The summed E-state index contributed by atoms with van der Waals surface area (Å²) in [6, 6.07) is 9.37. The van der Waals surface area contributed by atoms with Crippen molar-refractivity contribution < 1.29 is 9.90 Å². The second-order valence-electron chi connectivity index (χ2n) is 6.07. The molecule has 1 unspecified atom stereocenters. The first-order valence-electron chi connectivity index (χ1n) is 8.00. The summed E-state index contributed by atoms with van der Waals surface area (Å²) in [5.74, 6) is -0.896. The topological polar surface area (TPSA) is 111 Å². The maximum Gasteiger partial charge on any atom is 0.332 e. The van der Waals surface area contributed by atoms with Gasteiger partial charge in [0.15, 0.2) is 11.2 Å². The molecule has 0 radical (unpaired) electrons. The summed E-state index contributed by atoms with van der Waals surface area (Å²) in [5.41, 5.74) is 0.0764. The molecule has 0 amide bonds. The number of nitrogens with one attached hydrogen (secondary N) is 1. The van der Waals surface area contributed by atoms with E-state index in [4.69, 9.17) is 0 Å². The standard InChI is InChI=1S/C17H19N5O4/c1-10(11-7-5-4-6-8-11)18-16-19-14-13(22(16)9-12(23)24)15(25)21(3)17(26)20(14)2/h4-8,10H,9H2,1-3H3,(H,18,19)(H,23,24). The lowest BCUT2D eigenvalue weighted by Crippen LogP contribution is -2.37. The van der Waals surface area contributed by atoms with Gasteiger partial charge in [0.1, 0.15) is 6.54 Å². The molecule has 3 aromatic rings.